The van der Waals surface area contributed by atoms with E-state index in [1.165, 1.54) is 31.2 Å². The molecule has 0 atom stereocenters. The Balaban J connectivity index is 1.53. The van der Waals surface area contributed by atoms with Gasteiger partial charge in [-0.05, 0) is 48.2 Å². The lowest BCUT2D eigenvalue weighted by Crippen LogP contribution is -2.22. The second-order valence-corrected chi connectivity index (χ2v) is 9.64. The largest absolute Gasteiger partial charge is 0.494 e. The molecular weight excluding hydrogens is 540 g/mol. The number of urea groups is 1. The molecule has 4 aromatic rings. The van der Waals surface area contributed by atoms with Gasteiger partial charge in [-0.1, -0.05) is 36.4 Å². The summed E-state index contributed by atoms with van der Waals surface area (Å²) in [5.41, 5.74) is 4.08. The lowest BCUT2D eigenvalue weighted by atomic mass is 9.98. The number of aromatic hydroxyl groups is 1. The van der Waals surface area contributed by atoms with Crippen LogP contribution in [-0.2, 0) is 16.0 Å². The van der Waals surface area contributed by atoms with E-state index in [0.29, 0.717) is 45.5 Å². The molecule has 0 saturated carbocycles. The van der Waals surface area contributed by atoms with Crippen molar-refractivity contribution in [2.75, 3.05) is 6.54 Å². The minimum absolute atomic E-state index is 0.0783. The number of aromatic nitrogens is 1. The Morgan fingerprint density at radius 2 is 1.79 bits per heavy atom. The summed E-state index contributed by atoms with van der Waals surface area (Å²) in [6.45, 7) is 2.04. The predicted molar refractivity (Wildman–Crippen MR) is 156 cm³/mol. The fourth-order valence-corrected chi connectivity index (χ4v) is 4.59. The molecular formula is C30H26N6O6. The van der Waals surface area contributed by atoms with E-state index in [4.69, 9.17) is 4.99 Å². The van der Waals surface area contributed by atoms with E-state index >= 15 is 0 Å². The number of rotatable bonds is 9. The number of hydrogen-bond acceptors (Lipinski definition) is 7. The quantitative estimate of drug-likeness (QED) is 0.0506. The van der Waals surface area contributed by atoms with Crippen LogP contribution in [0.2, 0.25) is 0 Å². The van der Waals surface area contributed by atoms with E-state index in [1.54, 1.807) is 24.3 Å². The van der Waals surface area contributed by atoms with E-state index in [2.05, 4.69) is 20.9 Å². The van der Waals surface area contributed by atoms with Gasteiger partial charge in [0.25, 0.3) is 11.6 Å². The van der Waals surface area contributed by atoms with Gasteiger partial charge in [-0.15, -0.1) is 0 Å². The zero-order valence-corrected chi connectivity index (χ0v) is 22.4. The number of H-pyrrole nitrogens is 1. The number of non-ortho nitro benzene ring substituents is 1. The van der Waals surface area contributed by atoms with Crippen molar-refractivity contribution in [2.24, 2.45) is 4.99 Å². The first-order valence-electron chi connectivity index (χ1n) is 13.0. The number of aryl methyl sites for hydroxylation is 1. The molecule has 0 aliphatic carbocycles. The first kappa shape index (κ1) is 27.8. The van der Waals surface area contributed by atoms with Crippen molar-refractivity contribution in [3.05, 3.63) is 105 Å². The van der Waals surface area contributed by atoms with Crippen molar-refractivity contribution in [1.29, 1.82) is 0 Å². The zero-order chi connectivity index (χ0) is 29.8. The minimum Gasteiger partial charge on any atom is -0.494 e. The average Bonchev–Trinajstić information content (AvgIpc) is 3.46. The van der Waals surface area contributed by atoms with Gasteiger partial charge in [0.2, 0.25) is 5.91 Å². The molecule has 0 bridgehead atoms. The summed E-state index contributed by atoms with van der Waals surface area (Å²) < 4.78 is 0. The van der Waals surface area contributed by atoms with Gasteiger partial charge in [-0.25, -0.2) is 9.79 Å². The number of aliphatic imine (C=N–C) groups is 1. The highest BCUT2D eigenvalue weighted by atomic mass is 16.6. The molecule has 212 valence electrons. The van der Waals surface area contributed by atoms with E-state index in [1.807, 2.05) is 24.3 Å². The van der Waals surface area contributed by atoms with Crippen molar-refractivity contribution in [3.63, 3.8) is 0 Å². The van der Waals surface area contributed by atoms with Gasteiger partial charge in [0.15, 0.2) is 5.88 Å². The first-order valence-corrected chi connectivity index (χ1v) is 13.0. The van der Waals surface area contributed by atoms with E-state index in [0.717, 1.165) is 18.4 Å². The standard InChI is InChI=1S/C30H26N6O6/c1-17(37)31-14-2-3-18-4-8-20(9-5-18)27(26-23-16-22(36(41)42)12-13-24(23)33-29(26)39)32-21-10-6-19(7-11-21)15-25-28(38)35-30(40)34-25/h4-13,15-16,33,39H,2-3,14H2,1H3,(H,31,37)(H2,34,35,38,40)/b25-15+,32-27?. The summed E-state index contributed by atoms with van der Waals surface area (Å²) in [4.78, 5) is 53.1. The maximum Gasteiger partial charge on any atom is 0.326 e. The second kappa shape index (κ2) is 11.8. The molecule has 5 N–H and O–H groups in total. The fraction of sp³-hybridized carbons (Fsp3) is 0.133. The monoisotopic (exact) mass is 566 g/mol. The molecule has 12 nitrogen and oxygen atoms in total. The Hall–Kier alpha value is -5.78. The van der Waals surface area contributed by atoms with Crippen molar-refractivity contribution in [1.82, 2.24) is 20.9 Å². The molecule has 1 fully saturated rings. The van der Waals surface area contributed by atoms with Gasteiger partial charge in [-0.2, -0.15) is 0 Å². The van der Waals surface area contributed by atoms with Crippen LogP contribution in [-0.4, -0.2) is 45.1 Å². The van der Waals surface area contributed by atoms with Crippen LogP contribution in [0.25, 0.3) is 17.0 Å². The maximum absolute atomic E-state index is 11.8. The van der Waals surface area contributed by atoms with E-state index in [-0.39, 0.29) is 23.2 Å². The van der Waals surface area contributed by atoms with Crippen LogP contribution >= 0.6 is 0 Å². The Kier molecular flexibility index (Phi) is 7.78. The molecule has 0 spiro atoms. The van der Waals surface area contributed by atoms with Crippen molar-refractivity contribution < 1.29 is 24.4 Å². The Labute approximate surface area is 239 Å². The maximum atomic E-state index is 11.8. The van der Waals surface area contributed by atoms with Crippen LogP contribution in [0.5, 0.6) is 5.88 Å². The normalized spacial score (nSPS) is 14.2. The number of fused-ring (bicyclic) bond motifs is 1. The van der Waals surface area contributed by atoms with Crippen molar-refractivity contribution in [2.45, 2.75) is 19.8 Å². The van der Waals surface area contributed by atoms with Gasteiger partial charge < -0.3 is 20.7 Å². The molecule has 1 saturated heterocycles. The third-order valence-electron chi connectivity index (χ3n) is 6.62. The summed E-state index contributed by atoms with van der Waals surface area (Å²) in [5.74, 6) is -0.787. The molecule has 2 heterocycles. The summed E-state index contributed by atoms with van der Waals surface area (Å²) in [6, 6.07) is 18.2. The molecule has 12 heteroatoms. The third-order valence-corrected chi connectivity index (χ3v) is 6.62. The number of nitro benzene ring substituents is 1. The van der Waals surface area contributed by atoms with Crippen molar-refractivity contribution in [3.8, 4) is 5.88 Å². The van der Waals surface area contributed by atoms with Gasteiger partial charge in [0, 0.05) is 42.1 Å². The number of nitrogens with zero attached hydrogens (tertiary/aromatic N) is 2. The Bertz CT molecular complexity index is 1770. The van der Waals surface area contributed by atoms with Crippen molar-refractivity contribution >= 4 is 51.9 Å². The predicted octanol–water partition coefficient (Wildman–Crippen LogP) is 4.20. The SMILES string of the molecule is CC(=O)NCCCc1ccc(C(=Nc2ccc(/C=C3/NC(=O)NC3=O)cc2)c2c(O)[nH]c3ccc([N+](=O)[O-])cc23)cc1. The number of hydrogen-bond donors (Lipinski definition) is 5. The van der Waals surface area contributed by atoms with Gasteiger partial charge in [0.05, 0.1) is 21.9 Å². The summed E-state index contributed by atoms with van der Waals surface area (Å²) in [6.07, 6.45) is 3.04. The van der Waals surface area contributed by atoms with Crippen LogP contribution in [0.1, 0.15) is 35.6 Å². The number of carbonyl (C=O) groups excluding carboxylic acids is 3. The molecule has 1 aliphatic rings. The minimum atomic E-state index is -0.588. The number of nitrogens with one attached hydrogen (secondary N) is 4. The molecule has 0 radical (unpaired) electrons. The third kappa shape index (κ3) is 6.17. The number of aromatic amines is 1. The van der Waals surface area contributed by atoms with E-state index < -0.39 is 16.9 Å². The van der Waals surface area contributed by atoms with Gasteiger partial charge in [0.1, 0.15) is 5.70 Å². The molecule has 0 unspecified atom stereocenters. The van der Waals surface area contributed by atoms with Gasteiger partial charge in [-0.3, -0.25) is 25.0 Å². The average molecular weight is 567 g/mol. The summed E-state index contributed by atoms with van der Waals surface area (Å²) >= 11 is 0. The molecule has 3 aromatic carbocycles. The first-order chi connectivity index (χ1) is 20.2. The highest BCUT2D eigenvalue weighted by Gasteiger charge is 2.23. The highest BCUT2D eigenvalue weighted by Crippen LogP contribution is 2.34. The Morgan fingerprint density at radius 1 is 1.05 bits per heavy atom. The van der Waals surface area contributed by atoms with Crippen LogP contribution in [0.4, 0.5) is 16.2 Å². The number of nitro groups is 1. The molecule has 5 rings (SSSR count). The molecule has 42 heavy (non-hydrogen) atoms. The lowest BCUT2D eigenvalue weighted by molar-refractivity contribution is -0.384. The second-order valence-electron chi connectivity index (χ2n) is 9.64. The molecule has 1 aromatic heterocycles. The topological polar surface area (TPSA) is 179 Å². The Morgan fingerprint density at radius 3 is 2.43 bits per heavy atom. The number of carbonyl (C=O) groups is 3. The van der Waals surface area contributed by atoms with Crippen LogP contribution in [0.15, 0.2) is 77.4 Å². The highest BCUT2D eigenvalue weighted by molar-refractivity contribution is 6.22. The lowest BCUT2D eigenvalue weighted by Gasteiger charge is -2.10. The van der Waals surface area contributed by atoms with Crippen LogP contribution in [0, 0.1) is 10.1 Å². The molecule has 4 amide bonds. The van der Waals surface area contributed by atoms with Crippen LogP contribution in [0.3, 0.4) is 0 Å². The summed E-state index contributed by atoms with van der Waals surface area (Å²) in [7, 11) is 0. The smallest absolute Gasteiger partial charge is 0.326 e. The number of imide groups is 1. The van der Waals surface area contributed by atoms with Gasteiger partial charge >= 0.3 is 6.03 Å². The van der Waals surface area contributed by atoms with E-state index in [9.17, 15) is 29.6 Å². The zero-order valence-electron chi connectivity index (χ0n) is 22.4. The van der Waals surface area contributed by atoms with Crippen LogP contribution < -0.4 is 16.0 Å². The molecule has 1 aliphatic heterocycles. The number of benzene rings is 3. The fourth-order valence-electron chi connectivity index (χ4n) is 4.59. The summed E-state index contributed by atoms with van der Waals surface area (Å²) in [5, 5.41) is 30.2. The number of amides is 4.